The fraction of sp³-hybridized carbons (Fsp3) is 0.118. The number of benzene rings is 2. The lowest BCUT2D eigenvalue weighted by Gasteiger charge is -2.02. The zero-order valence-electron chi connectivity index (χ0n) is 12.3. The average Bonchev–Trinajstić information content (AvgIpc) is 3.02. The van der Waals surface area contributed by atoms with Gasteiger partial charge in [-0.2, -0.15) is 0 Å². The highest BCUT2D eigenvalue weighted by atomic mass is 35.5. The van der Waals surface area contributed by atoms with Gasteiger partial charge >= 0.3 is 5.97 Å². The highest BCUT2D eigenvalue weighted by Crippen LogP contribution is 2.26. The van der Waals surface area contributed by atoms with Crippen molar-refractivity contribution in [1.29, 1.82) is 0 Å². The molecule has 0 aliphatic rings. The Morgan fingerprint density at radius 1 is 1.17 bits per heavy atom. The predicted molar refractivity (Wildman–Crippen MR) is 85.0 cm³/mol. The van der Waals surface area contributed by atoms with E-state index in [1.165, 1.54) is 0 Å². The van der Waals surface area contributed by atoms with E-state index in [0.29, 0.717) is 16.1 Å². The maximum atomic E-state index is 12.0. The lowest BCUT2D eigenvalue weighted by atomic mass is 10.1. The molecule has 0 aliphatic carbocycles. The molecule has 1 heterocycles. The Kier molecular flexibility index (Phi) is 4.39. The molecule has 0 unspecified atom stereocenters. The lowest BCUT2D eigenvalue weighted by Crippen LogP contribution is -2.05. The Morgan fingerprint density at radius 3 is 2.78 bits per heavy atom. The normalized spacial score (nSPS) is 10.5. The highest BCUT2D eigenvalue weighted by molar-refractivity contribution is 6.33. The van der Waals surface area contributed by atoms with Gasteiger partial charge in [-0.15, -0.1) is 10.2 Å². The molecule has 0 spiro atoms. The molecule has 0 saturated heterocycles. The summed E-state index contributed by atoms with van der Waals surface area (Å²) in [6.07, 6.45) is 0. The van der Waals surface area contributed by atoms with Crippen LogP contribution in [0.2, 0.25) is 5.02 Å². The van der Waals surface area contributed by atoms with E-state index in [0.717, 1.165) is 5.56 Å². The van der Waals surface area contributed by atoms with Crippen LogP contribution in [-0.4, -0.2) is 16.2 Å². The molecular weight excluding hydrogens is 316 g/mol. The molecule has 0 fully saturated rings. The van der Waals surface area contributed by atoms with E-state index in [-0.39, 0.29) is 18.4 Å². The van der Waals surface area contributed by atoms with E-state index in [4.69, 9.17) is 20.8 Å². The first-order valence-corrected chi connectivity index (χ1v) is 7.32. The number of rotatable bonds is 4. The molecule has 23 heavy (non-hydrogen) atoms. The molecule has 1 aromatic heterocycles. The van der Waals surface area contributed by atoms with E-state index >= 15 is 0 Å². The van der Waals surface area contributed by atoms with Gasteiger partial charge in [0.1, 0.15) is 0 Å². The van der Waals surface area contributed by atoms with Crippen LogP contribution in [0.1, 0.15) is 21.8 Å². The van der Waals surface area contributed by atoms with Gasteiger partial charge in [0, 0.05) is 0 Å². The summed E-state index contributed by atoms with van der Waals surface area (Å²) in [6, 6.07) is 14.3. The molecule has 0 saturated carbocycles. The Labute approximate surface area is 137 Å². The first-order chi connectivity index (χ1) is 11.1. The van der Waals surface area contributed by atoms with Crippen molar-refractivity contribution in [3.05, 3.63) is 70.6 Å². The van der Waals surface area contributed by atoms with Crippen molar-refractivity contribution in [1.82, 2.24) is 10.2 Å². The number of nitrogens with zero attached hydrogens (tertiary/aromatic N) is 2. The standard InChI is InChI=1S/C17H13ClN2O3/c1-11-5-4-6-12(9-11)17(21)22-10-15-19-20-16(23-15)13-7-2-3-8-14(13)18/h2-9H,10H2,1H3. The van der Waals surface area contributed by atoms with Gasteiger partial charge in [0.2, 0.25) is 5.89 Å². The molecule has 3 rings (SSSR count). The van der Waals surface area contributed by atoms with Crippen LogP contribution in [0.3, 0.4) is 0 Å². The second-order valence-electron chi connectivity index (χ2n) is 4.93. The van der Waals surface area contributed by atoms with Gasteiger partial charge in [0.25, 0.3) is 5.89 Å². The number of esters is 1. The molecule has 2 aromatic carbocycles. The molecule has 0 N–H and O–H groups in total. The molecule has 0 bridgehead atoms. The first kappa shape index (κ1) is 15.2. The minimum Gasteiger partial charge on any atom is -0.452 e. The number of hydrogen-bond donors (Lipinski definition) is 0. The van der Waals surface area contributed by atoms with Crippen LogP contribution >= 0.6 is 11.6 Å². The third kappa shape index (κ3) is 3.57. The molecule has 5 nitrogen and oxygen atoms in total. The number of carbonyl (C=O) groups is 1. The summed E-state index contributed by atoms with van der Waals surface area (Å²) in [7, 11) is 0. The number of aryl methyl sites for hydroxylation is 1. The molecule has 0 radical (unpaired) electrons. The quantitative estimate of drug-likeness (QED) is 0.676. The van der Waals surface area contributed by atoms with E-state index < -0.39 is 5.97 Å². The van der Waals surface area contributed by atoms with Crippen molar-refractivity contribution in [3.8, 4) is 11.5 Å². The fourth-order valence-electron chi connectivity index (χ4n) is 2.04. The Balaban J connectivity index is 1.68. The van der Waals surface area contributed by atoms with Crippen LogP contribution in [0.5, 0.6) is 0 Å². The van der Waals surface area contributed by atoms with Gasteiger partial charge in [-0.3, -0.25) is 0 Å². The van der Waals surface area contributed by atoms with Crippen molar-refractivity contribution >= 4 is 17.6 Å². The Morgan fingerprint density at radius 2 is 2.00 bits per heavy atom. The van der Waals surface area contributed by atoms with E-state index in [2.05, 4.69) is 10.2 Å². The molecule has 116 valence electrons. The molecule has 0 amide bonds. The summed E-state index contributed by atoms with van der Waals surface area (Å²) in [4.78, 5) is 12.0. The van der Waals surface area contributed by atoms with Crippen LogP contribution in [0.4, 0.5) is 0 Å². The van der Waals surface area contributed by atoms with Crippen molar-refractivity contribution in [2.75, 3.05) is 0 Å². The lowest BCUT2D eigenvalue weighted by molar-refractivity contribution is 0.0438. The summed E-state index contributed by atoms with van der Waals surface area (Å²) in [5.41, 5.74) is 2.10. The first-order valence-electron chi connectivity index (χ1n) is 6.94. The minimum absolute atomic E-state index is 0.0930. The zero-order valence-corrected chi connectivity index (χ0v) is 13.1. The number of hydrogen-bond acceptors (Lipinski definition) is 5. The summed E-state index contributed by atoms with van der Waals surface area (Å²) in [5.74, 6) is 0.0596. The van der Waals surface area contributed by atoms with Crippen molar-refractivity contribution in [2.24, 2.45) is 0 Å². The van der Waals surface area contributed by atoms with Gasteiger partial charge < -0.3 is 9.15 Å². The second kappa shape index (κ2) is 6.62. The van der Waals surface area contributed by atoms with Crippen LogP contribution in [0, 0.1) is 6.92 Å². The number of carbonyl (C=O) groups excluding carboxylic acids is 1. The molecular formula is C17H13ClN2O3. The maximum absolute atomic E-state index is 12.0. The van der Waals surface area contributed by atoms with Gasteiger partial charge in [0.05, 0.1) is 16.1 Å². The average molecular weight is 329 g/mol. The second-order valence-corrected chi connectivity index (χ2v) is 5.33. The third-order valence-electron chi connectivity index (χ3n) is 3.15. The summed E-state index contributed by atoms with van der Waals surface area (Å²) in [5, 5.41) is 8.30. The van der Waals surface area contributed by atoms with Crippen LogP contribution in [-0.2, 0) is 11.3 Å². The van der Waals surface area contributed by atoms with Gasteiger partial charge in [-0.05, 0) is 31.2 Å². The summed E-state index contributed by atoms with van der Waals surface area (Å²) in [6.45, 7) is 1.81. The summed E-state index contributed by atoms with van der Waals surface area (Å²) < 4.78 is 10.7. The smallest absolute Gasteiger partial charge is 0.338 e. The van der Waals surface area contributed by atoms with Gasteiger partial charge in [-0.1, -0.05) is 41.4 Å². The van der Waals surface area contributed by atoms with Gasteiger partial charge in [0.15, 0.2) is 6.61 Å². The van der Waals surface area contributed by atoms with Crippen LogP contribution < -0.4 is 0 Å². The molecule has 3 aromatic rings. The van der Waals surface area contributed by atoms with Crippen LogP contribution in [0.15, 0.2) is 52.9 Å². The monoisotopic (exact) mass is 328 g/mol. The van der Waals surface area contributed by atoms with E-state index in [9.17, 15) is 4.79 Å². The number of halogens is 1. The zero-order chi connectivity index (χ0) is 16.2. The highest BCUT2D eigenvalue weighted by Gasteiger charge is 2.14. The van der Waals surface area contributed by atoms with E-state index in [1.807, 2.05) is 25.1 Å². The SMILES string of the molecule is Cc1cccc(C(=O)OCc2nnc(-c3ccccc3Cl)o2)c1. The topological polar surface area (TPSA) is 65.2 Å². The Bertz CT molecular complexity index is 845. The van der Waals surface area contributed by atoms with Crippen LogP contribution in [0.25, 0.3) is 11.5 Å². The third-order valence-corrected chi connectivity index (χ3v) is 3.48. The largest absolute Gasteiger partial charge is 0.452 e. The number of ether oxygens (including phenoxy) is 1. The molecule has 0 atom stereocenters. The fourth-order valence-corrected chi connectivity index (χ4v) is 2.25. The van der Waals surface area contributed by atoms with Crippen molar-refractivity contribution in [3.63, 3.8) is 0 Å². The minimum atomic E-state index is -0.439. The van der Waals surface area contributed by atoms with E-state index in [1.54, 1.807) is 30.3 Å². The molecule has 6 heteroatoms. The maximum Gasteiger partial charge on any atom is 0.338 e. The van der Waals surface area contributed by atoms with Gasteiger partial charge in [-0.25, -0.2) is 4.79 Å². The predicted octanol–water partition coefficient (Wildman–Crippen LogP) is 4.06. The molecule has 0 aliphatic heterocycles. The Hall–Kier alpha value is -2.66. The van der Waals surface area contributed by atoms with Crippen molar-refractivity contribution in [2.45, 2.75) is 13.5 Å². The number of aromatic nitrogens is 2. The van der Waals surface area contributed by atoms with Crippen molar-refractivity contribution < 1.29 is 13.9 Å². The summed E-state index contributed by atoms with van der Waals surface area (Å²) >= 11 is 6.08.